The second kappa shape index (κ2) is 6.34. The van der Waals surface area contributed by atoms with E-state index >= 15 is 0 Å². The smallest absolute Gasteiger partial charge is 0.268 e. The third-order valence-electron chi connectivity index (χ3n) is 3.31. The predicted octanol–water partition coefficient (Wildman–Crippen LogP) is 4.20. The van der Waals surface area contributed by atoms with Crippen molar-refractivity contribution in [1.29, 1.82) is 0 Å². The van der Waals surface area contributed by atoms with Gasteiger partial charge in [-0.3, -0.25) is 14.5 Å². The van der Waals surface area contributed by atoms with Gasteiger partial charge in [0.2, 0.25) is 0 Å². The summed E-state index contributed by atoms with van der Waals surface area (Å²) in [6, 6.07) is 11.7. The minimum absolute atomic E-state index is 0.127. The van der Waals surface area contributed by atoms with Crippen LogP contribution in [0.15, 0.2) is 53.4 Å². The maximum absolute atomic E-state index is 13.7. The van der Waals surface area contributed by atoms with Crippen LogP contribution in [-0.2, 0) is 11.3 Å². The number of rotatable bonds is 3. The summed E-state index contributed by atoms with van der Waals surface area (Å²) in [6.45, 7) is -0.127. The molecule has 1 heterocycles. The number of benzene rings is 2. The van der Waals surface area contributed by atoms with E-state index < -0.39 is 22.8 Å². The maximum atomic E-state index is 13.7. The second-order valence-electron chi connectivity index (χ2n) is 4.91. The van der Waals surface area contributed by atoms with Crippen molar-refractivity contribution in [3.8, 4) is 0 Å². The van der Waals surface area contributed by atoms with E-state index in [4.69, 9.17) is 0 Å². The lowest BCUT2D eigenvalue weighted by Gasteiger charge is -2.12. The van der Waals surface area contributed by atoms with Gasteiger partial charge in [0, 0.05) is 5.56 Å². The van der Waals surface area contributed by atoms with Crippen molar-refractivity contribution in [2.24, 2.45) is 0 Å². The van der Waals surface area contributed by atoms with E-state index in [9.17, 15) is 18.4 Å². The summed E-state index contributed by atoms with van der Waals surface area (Å²) in [5.41, 5.74) is 0.753. The van der Waals surface area contributed by atoms with Crippen LogP contribution in [-0.4, -0.2) is 16.0 Å². The molecule has 23 heavy (non-hydrogen) atoms. The summed E-state index contributed by atoms with van der Waals surface area (Å²) in [5.74, 6) is -1.41. The first-order valence-electron chi connectivity index (χ1n) is 6.79. The minimum Gasteiger partial charge on any atom is -0.268 e. The van der Waals surface area contributed by atoms with Crippen LogP contribution in [0.4, 0.5) is 13.6 Å². The normalized spacial score (nSPS) is 16.4. The summed E-state index contributed by atoms with van der Waals surface area (Å²) in [6.07, 6.45) is 1.45. The van der Waals surface area contributed by atoms with Crippen molar-refractivity contribution in [2.45, 2.75) is 6.54 Å². The topological polar surface area (TPSA) is 37.4 Å². The number of thioether (sulfide) groups is 1. The van der Waals surface area contributed by atoms with Gasteiger partial charge in [-0.25, -0.2) is 8.78 Å². The molecule has 2 aromatic carbocycles. The van der Waals surface area contributed by atoms with Crippen molar-refractivity contribution in [3.63, 3.8) is 0 Å². The predicted molar refractivity (Wildman–Crippen MR) is 84.3 cm³/mol. The van der Waals surface area contributed by atoms with Crippen LogP contribution in [0.5, 0.6) is 0 Å². The Morgan fingerprint density at radius 1 is 1.04 bits per heavy atom. The fourth-order valence-corrected chi connectivity index (χ4v) is 3.02. The molecule has 0 bridgehead atoms. The Bertz CT molecular complexity index is 820. The zero-order chi connectivity index (χ0) is 16.4. The van der Waals surface area contributed by atoms with Crippen LogP contribution in [0.3, 0.4) is 0 Å². The zero-order valence-corrected chi connectivity index (χ0v) is 12.6. The lowest BCUT2D eigenvalue weighted by Crippen LogP contribution is -2.27. The summed E-state index contributed by atoms with van der Waals surface area (Å²) < 4.78 is 26.9. The van der Waals surface area contributed by atoms with Gasteiger partial charge in [-0.15, -0.1) is 0 Å². The number of imide groups is 1. The van der Waals surface area contributed by atoms with Gasteiger partial charge in [0.15, 0.2) is 0 Å². The molecule has 0 radical (unpaired) electrons. The fraction of sp³-hybridized carbons (Fsp3) is 0.0588. The number of nitrogens with zero attached hydrogens (tertiary/aromatic N) is 1. The van der Waals surface area contributed by atoms with Crippen LogP contribution < -0.4 is 0 Å². The molecule has 6 heteroatoms. The number of halogens is 2. The molecule has 0 aliphatic carbocycles. The molecule has 0 spiro atoms. The Labute approximate surface area is 135 Å². The molecule has 116 valence electrons. The zero-order valence-electron chi connectivity index (χ0n) is 11.8. The van der Waals surface area contributed by atoms with Crippen LogP contribution in [0, 0.1) is 11.6 Å². The maximum Gasteiger partial charge on any atom is 0.293 e. The average Bonchev–Trinajstić information content (AvgIpc) is 2.77. The molecule has 0 atom stereocenters. The molecule has 1 fully saturated rings. The first-order chi connectivity index (χ1) is 11.0. The summed E-state index contributed by atoms with van der Waals surface area (Å²) in [7, 11) is 0. The number of carbonyl (C=O) groups excluding carboxylic acids is 2. The Morgan fingerprint density at radius 2 is 1.83 bits per heavy atom. The van der Waals surface area contributed by atoms with Crippen LogP contribution in [0.25, 0.3) is 6.08 Å². The van der Waals surface area contributed by atoms with Crippen molar-refractivity contribution in [3.05, 3.63) is 76.2 Å². The highest BCUT2D eigenvalue weighted by atomic mass is 32.2. The summed E-state index contributed by atoms with van der Waals surface area (Å²) >= 11 is 0.761. The fourth-order valence-electron chi connectivity index (χ4n) is 2.18. The van der Waals surface area contributed by atoms with Crippen LogP contribution in [0.1, 0.15) is 11.1 Å². The standard InChI is InChI=1S/C17H11F2NO2S/c18-13-6-3-4-11(8-13)9-15-16(21)20(17(22)23-15)10-12-5-1-2-7-14(12)19/h1-9H,10H2/b15-9-. The molecule has 0 unspecified atom stereocenters. The Hall–Kier alpha value is -2.47. The molecule has 0 aromatic heterocycles. The van der Waals surface area contributed by atoms with Gasteiger partial charge in [0.1, 0.15) is 11.6 Å². The summed E-state index contributed by atoms with van der Waals surface area (Å²) in [5, 5.41) is -0.471. The largest absolute Gasteiger partial charge is 0.293 e. The highest BCUT2D eigenvalue weighted by Crippen LogP contribution is 2.33. The van der Waals surface area contributed by atoms with Gasteiger partial charge in [-0.1, -0.05) is 30.3 Å². The van der Waals surface area contributed by atoms with E-state index in [2.05, 4.69) is 0 Å². The van der Waals surface area contributed by atoms with E-state index in [-0.39, 0.29) is 17.0 Å². The molecule has 0 saturated carbocycles. The molecular weight excluding hydrogens is 320 g/mol. The van der Waals surface area contributed by atoms with Gasteiger partial charge in [0.25, 0.3) is 11.1 Å². The molecule has 1 aliphatic heterocycles. The van der Waals surface area contributed by atoms with Gasteiger partial charge >= 0.3 is 0 Å². The van der Waals surface area contributed by atoms with Crippen molar-refractivity contribution in [2.75, 3.05) is 0 Å². The molecule has 2 amide bonds. The number of hydrogen-bond acceptors (Lipinski definition) is 3. The quantitative estimate of drug-likeness (QED) is 0.791. The van der Waals surface area contributed by atoms with Gasteiger partial charge in [-0.2, -0.15) is 0 Å². The summed E-state index contributed by atoms with van der Waals surface area (Å²) in [4.78, 5) is 25.5. The molecule has 1 aliphatic rings. The highest BCUT2D eigenvalue weighted by Gasteiger charge is 2.35. The SMILES string of the molecule is O=C1S/C(=C\c2cccc(F)c2)C(=O)N1Cc1ccccc1F. The number of carbonyl (C=O) groups is 2. The number of amides is 2. The monoisotopic (exact) mass is 331 g/mol. The third kappa shape index (κ3) is 3.32. The van der Waals surface area contributed by atoms with Gasteiger partial charge in [-0.05, 0) is 41.6 Å². The van der Waals surface area contributed by atoms with Crippen molar-refractivity contribution < 1.29 is 18.4 Å². The van der Waals surface area contributed by atoms with Crippen molar-refractivity contribution in [1.82, 2.24) is 4.90 Å². The first-order valence-corrected chi connectivity index (χ1v) is 7.60. The Kier molecular flexibility index (Phi) is 4.25. The molecule has 1 saturated heterocycles. The molecule has 0 N–H and O–H groups in total. The van der Waals surface area contributed by atoms with E-state index in [0.717, 1.165) is 16.7 Å². The van der Waals surface area contributed by atoms with E-state index in [1.54, 1.807) is 12.1 Å². The van der Waals surface area contributed by atoms with Gasteiger partial charge in [0.05, 0.1) is 11.4 Å². The van der Waals surface area contributed by atoms with E-state index in [1.165, 1.54) is 42.5 Å². The lowest BCUT2D eigenvalue weighted by molar-refractivity contribution is -0.123. The molecule has 3 nitrogen and oxygen atoms in total. The molecular formula is C17H11F2NO2S. The average molecular weight is 331 g/mol. The van der Waals surface area contributed by atoms with E-state index in [1.807, 2.05) is 0 Å². The van der Waals surface area contributed by atoms with Crippen molar-refractivity contribution >= 4 is 29.0 Å². The second-order valence-corrected chi connectivity index (χ2v) is 5.91. The molecule has 2 aromatic rings. The third-order valence-corrected chi connectivity index (χ3v) is 4.21. The first kappa shape index (κ1) is 15.4. The van der Waals surface area contributed by atoms with Crippen LogP contribution >= 0.6 is 11.8 Å². The van der Waals surface area contributed by atoms with Crippen LogP contribution in [0.2, 0.25) is 0 Å². The van der Waals surface area contributed by atoms with E-state index in [0.29, 0.717) is 5.56 Å². The molecule has 3 rings (SSSR count). The lowest BCUT2D eigenvalue weighted by atomic mass is 10.2. The Morgan fingerprint density at radius 3 is 2.57 bits per heavy atom. The minimum atomic E-state index is -0.507. The Balaban J connectivity index is 1.84. The highest BCUT2D eigenvalue weighted by molar-refractivity contribution is 8.18. The number of hydrogen-bond donors (Lipinski definition) is 0. The van der Waals surface area contributed by atoms with Gasteiger partial charge < -0.3 is 0 Å².